The highest BCUT2D eigenvalue weighted by molar-refractivity contribution is 5.88. The minimum Gasteiger partial charge on any atom is -0.348 e. The van der Waals surface area contributed by atoms with E-state index in [1.807, 2.05) is 67.6 Å². The smallest absolute Gasteiger partial charge is 0.242 e. The fraction of sp³-hybridized carbons (Fsp3) is 0.423. The van der Waals surface area contributed by atoms with Crippen molar-refractivity contribution in [1.82, 2.24) is 15.5 Å². The number of nitrogens with two attached hydrogens (primary N) is 1. The van der Waals surface area contributed by atoms with Crippen molar-refractivity contribution in [2.45, 2.75) is 51.2 Å². The van der Waals surface area contributed by atoms with Gasteiger partial charge >= 0.3 is 0 Å². The first kappa shape index (κ1) is 24.5. The molecule has 0 spiro atoms. The Kier molecular flexibility index (Phi) is 8.60. The SMILES string of the molecule is C[C@H](NC(=O)C1CCN(C(=O)[C@@H](N)Cc2ccccc2)CC1)C(=O)N[C@H](C)c1ccccc1. The summed E-state index contributed by atoms with van der Waals surface area (Å²) in [5, 5.41) is 5.76. The highest BCUT2D eigenvalue weighted by Gasteiger charge is 2.31. The number of amides is 3. The third-order valence-corrected chi connectivity index (χ3v) is 6.20. The molecule has 2 aromatic carbocycles. The van der Waals surface area contributed by atoms with E-state index in [1.165, 1.54) is 0 Å². The van der Waals surface area contributed by atoms with E-state index in [0.717, 1.165) is 11.1 Å². The third kappa shape index (κ3) is 6.89. The number of nitrogens with one attached hydrogen (secondary N) is 2. The summed E-state index contributed by atoms with van der Waals surface area (Å²) in [5.74, 6) is -0.675. The summed E-state index contributed by atoms with van der Waals surface area (Å²) in [6.07, 6.45) is 1.61. The molecule has 3 amide bonds. The second-order valence-corrected chi connectivity index (χ2v) is 8.77. The van der Waals surface area contributed by atoms with Gasteiger partial charge in [-0.3, -0.25) is 14.4 Å². The van der Waals surface area contributed by atoms with Crippen LogP contribution < -0.4 is 16.4 Å². The Hall–Kier alpha value is -3.19. The Morgan fingerprint density at radius 2 is 1.52 bits per heavy atom. The molecule has 0 bridgehead atoms. The molecule has 1 aliphatic heterocycles. The summed E-state index contributed by atoms with van der Waals surface area (Å²) in [4.78, 5) is 39.7. The van der Waals surface area contributed by atoms with Crippen LogP contribution in [0.25, 0.3) is 0 Å². The van der Waals surface area contributed by atoms with Gasteiger partial charge in [-0.25, -0.2) is 0 Å². The predicted octanol–water partition coefficient (Wildman–Crippen LogP) is 2.18. The maximum atomic E-state index is 12.7. The molecule has 1 saturated heterocycles. The highest BCUT2D eigenvalue weighted by atomic mass is 16.2. The molecule has 4 N–H and O–H groups in total. The zero-order valence-electron chi connectivity index (χ0n) is 19.4. The van der Waals surface area contributed by atoms with Gasteiger partial charge in [-0.05, 0) is 44.2 Å². The molecule has 1 fully saturated rings. The van der Waals surface area contributed by atoms with Crippen LogP contribution in [0.1, 0.15) is 43.9 Å². The van der Waals surface area contributed by atoms with E-state index in [4.69, 9.17) is 5.73 Å². The molecule has 1 heterocycles. The first-order valence-electron chi connectivity index (χ1n) is 11.6. The molecule has 3 atom stereocenters. The molecule has 0 aliphatic carbocycles. The monoisotopic (exact) mass is 450 g/mol. The lowest BCUT2D eigenvalue weighted by Crippen LogP contribution is -2.51. The Balaban J connectivity index is 1.43. The van der Waals surface area contributed by atoms with E-state index in [0.29, 0.717) is 32.4 Å². The Morgan fingerprint density at radius 3 is 2.12 bits per heavy atom. The number of rotatable bonds is 8. The summed E-state index contributed by atoms with van der Waals surface area (Å²) >= 11 is 0. The number of nitrogens with zero attached hydrogens (tertiary/aromatic N) is 1. The van der Waals surface area contributed by atoms with Crippen molar-refractivity contribution in [1.29, 1.82) is 0 Å². The van der Waals surface area contributed by atoms with Crippen molar-refractivity contribution in [2.24, 2.45) is 11.7 Å². The summed E-state index contributed by atoms with van der Waals surface area (Å²) in [5.41, 5.74) is 8.18. The quantitative estimate of drug-likeness (QED) is 0.573. The molecule has 0 saturated carbocycles. The van der Waals surface area contributed by atoms with Gasteiger partial charge in [-0.2, -0.15) is 0 Å². The molecule has 3 rings (SSSR count). The summed E-state index contributed by atoms with van der Waals surface area (Å²) in [7, 11) is 0. The Morgan fingerprint density at radius 1 is 0.939 bits per heavy atom. The second kappa shape index (κ2) is 11.6. The number of carbonyl (C=O) groups is 3. The number of benzene rings is 2. The van der Waals surface area contributed by atoms with E-state index >= 15 is 0 Å². The lowest BCUT2D eigenvalue weighted by atomic mass is 9.94. The van der Waals surface area contributed by atoms with Crippen LogP contribution in [0.2, 0.25) is 0 Å². The van der Waals surface area contributed by atoms with Gasteiger partial charge in [0.05, 0.1) is 12.1 Å². The first-order valence-corrected chi connectivity index (χ1v) is 11.6. The maximum Gasteiger partial charge on any atom is 0.242 e. The van der Waals surface area contributed by atoms with Crippen LogP contribution >= 0.6 is 0 Å². The van der Waals surface area contributed by atoms with E-state index in [1.54, 1.807) is 11.8 Å². The van der Waals surface area contributed by atoms with Gasteiger partial charge in [0.2, 0.25) is 17.7 Å². The Labute approximate surface area is 195 Å². The third-order valence-electron chi connectivity index (χ3n) is 6.20. The summed E-state index contributed by atoms with van der Waals surface area (Å²) in [6, 6.07) is 18.0. The molecule has 2 aromatic rings. The van der Waals surface area contributed by atoms with Crippen LogP contribution in [0.5, 0.6) is 0 Å². The maximum absolute atomic E-state index is 12.7. The fourth-order valence-corrected chi connectivity index (χ4v) is 4.11. The van der Waals surface area contributed by atoms with Crippen molar-refractivity contribution in [3.05, 3.63) is 71.8 Å². The van der Waals surface area contributed by atoms with Crippen LogP contribution in [0.4, 0.5) is 0 Å². The number of likely N-dealkylation sites (tertiary alicyclic amines) is 1. The molecule has 0 unspecified atom stereocenters. The van der Waals surface area contributed by atoms with Gasteiger partial charge in [0.15, 0.2) is 0 Å². The summed E-state index contributed by atoms with van der Waals surface area (Å²) in [6.45, 7) is 4.58. The van der Waals surface area contributed by atoms with Crippen LogP contribution in [0, 0.1) is 5.92 Å². The molecule has 33 heavy (non-hydrogen) atoms. The van der Waals surface area contributed by atoms with E-state index < -0.39 is 12.1 Å². The Bertz CT molecular complexity index is 927. The van der Waals surface area contributed by atoms with Gasteiger partial charge < -0.3 is 21.3 Å². The second-order valence-electron chi connectivity index (χ2n) is 8.77. The number of piperidine rings is 1. The van der Waals surface area contributed by atoms with Gasteiger partial charge in [-0.15, -0.1) is 0 Å². The zero-order valence-corrected chi connectivity index (χ0v) is 19.4. The van der Waals surface area contributed by atoms with Crippen molar-refractivity contribution >= 4 is 17.7 Å². The molecule has 0 aromatic heterocycles. The van der Waals surface area contributed by atoms with Crippen molar-refractivity contribution in [3.63, 3.8) is 0 Å². The molecule has 7 nitrogen and oxygen atoms in total. The zero-order chi connectivity index (χ0) is 23.8. The van der Waals surface area contributed by atoms with Crippen LogP contribution in [-0.2, 0) is 20.8 Å². The lowest BCUT2D eigenvalue weighted by Gasteiger charge is -2.33. The summed E-state index contributed by atoms with van der Waals surface area (Å²) < 4.78 is 0. The van der Waals surface area contributed by atoms with Crippen LogP contribution in [0.3, 0.4) is 0 Å². The predicted molar refractivity (Wildman–Crippen MR) is 128 cm³/mol. The van der Waals surface area contributed by atoms with Gasteiger partial charge in [0, 0.05) is 19.0 Å². The van der Waals surface area contributed by atoms with Gasteiger partial charge in [-0.1, -0.05) is 60.7 Å². The molecule has 7 heteroatoms. The topological polar surface area (TPSA) is 105 Å². The van der Waals surface area contributed by atoms with Crippen molar-refractivity contribution in [2.75, 3.05) is 13.1 Å². The van der Waals surface area contributed by atoms with E-state index in [2.05, 4.69) is 10.6 Å². The van der Waals surface area contributed by atoms with Crippen LogP contribution in [-0.4, -0.2) is 47.8 Å². The first-order chi connectivity index (χ1) is 15.8. The number of carbonyl (C=O) groups excluding carboxylic acids is 3. The molecule has 176 valence electrons. The van der Waals surface area contributed by atoms with E-state index in [-0.39, 0.29) is 29.7 Å². The average molecular weight is 451 g/mol. The molecular weight excluding hydrogens is 416 g/mol. The molecule has 1 aliphatic rings. The number of hydrogen-bond donors (Lipinski definition) is 3. The normalized spacial score (nSPS) is 17.0. The van der Waals surface area contributed by atoms with Crippen LogP contribution in [0.15, 0.2) is 60.7 Å². The molecule has 0 radical (unpaired) electrons. The number of hydrogen-bond acceptors (Lipinski definition) is 4. The van der Waals surface area contributed by atoms with Gasteiger partial charge in [0.1, 0.15) is 6.04 Å². The highest BCUT2D eigenvalue weighted by Crippen LogP contribution is 2.19. The molecular formula is C26H34N4O3. The minimum atomic E-state index is -0.636. The minimum absolute atomic E-state index is 0.0830. The lowest BCUT2D eigenvalue weighted by molar-refractivity contribution is -0.137. The largest absolute Gasteiger partial charge is 0.348 e. The van der Waals surface area contributed by atoms with Gasteiger partial charge in [0.25, 0.3) is 0 Å². The fourth-order valence-electron chi connectivity index (χ4n) is 4.11. The average Bonchev–Trinajstić information content (AvgIpc) is 2.84. The van der Waals surface area contributed by atoms with Crippen molar-refractivity contribution in [3.8, 4) is 0 Å². The standard InChI is InChI=1S/C26H34N4O3/c1-18(21-11-7-4-8-12-21)28-24(31)19(2)29-25(32)22-13-15-30(16-14-22)26(33)23(27)17-20-9-5-3-6-10-20/h3-12,18-19,22-23H,13-17,27H2,1-2H3,(H,28,31)(H,29,32)/t18-,19+,23+/m1/s1. The van der Waals surface area contributed by atoms with E-state index in [9.17, 15) is 14.4 Å². The van der Waals surface area contributed by atoms with Crippen molar-refractivity contribution < 1.29 is 14.4 Å².